The van der Waals surface area contributed by atoms with Gasteiger partial charge in [-0.25, -0.2) is 0 Å². The third-order valence-corrected chi connectivity index (χ3v) is 2.05. The molecule has 0 heterocycles. The molecule has 11 heavy (non-hydrogen) atoms. The molecular weight excluding hydrogens is 140 g/mol. The van der Waals surface area contributed by atoms with Crippen molar-refractivity contribution in [3.8, 4) is 0 Å². The van der Waals surface area contributed by atoms with Crippen LogP contribution in [0.2, 0.25) is 0 Å². The van der Waals surface area contributed by atoms with Crippen LogP contribution < -0.4 is 0 Å². The standard InChI is InChI=1S/C9H16O2/c1-2-7-11-9-5-3-8(10)4-6-9/h2,7-10H,3-6H2,1H3. The molecule has 1 fully saturated rings. The van der Waals surface area contributed by atoms with Crippen LogP contribution in [0.1, 0.15) is 32.6 Å². The highest BCUT2D eigenvalue weighted by molar-refractivity contribution is 4.75. The molecule has 2 nitrogen and oxygen atoms in total. The fraction of sp³-hybridized carbons (Fsp3) is 0.778. The summed E-state index contributed by atoms with van der Waals surface area (Å²) in [5, 5.41) is 9.18. The maximum Gasteiger partial charge on any atom is 0.0980 e. The van der Waals surface area contributed by atoms with Gasteiger partial charge in [0.2, 0.25) is 0 Å². The zero-order valence-electron chi connectivity index (χ0n) is 6.99. The number of allylic oxidation sites excluding steroid dienone is 1. The van der Waals surface area contributed by atoms with Crippen molar-refractivity contribution in [1.82, 2.24) is 0 Å². The van der Waals surface area contributed by atoms with Crippen molar-refractivity contribution >= 4 is 0 Å². The normalized spacial score (nSPS) is 32.5. The first-order valence-corrected chi connectivity index (χ1v) is 4.27. The molecule has 2 heteroatoms. The molecule has 1 rings (SSSR count). The highest BCUT2D eigenvalue weighted by Gasteiger charge is 2.18. The van der Waals surface area contributed by atoms with Gasteiger partial charge in [-0.2, -0.15) is 0 Å². The lowest BCUT2D eigenvalue weighted by atomic mass is 9.95. The molecule has 0 spiro atoms. The van der Waals surface area contributed by atoms with E-state index in [1.165, 1.54) is 0 Å². The van der Waals surface area contributed by atoms with Crippen LogP contribution in [0.3, 0.4) is 0 Å². The van der Waals surface area contributed by atoms with Crippen LogP contribution in [0.5, 0.6) is 0 Å². The third kappa shape index (κ3) is 2.93. The fourth-order valence-electron chi connectivity index (χ4n) is 1.37. The van der Waals surface area contributed by atoms with E-state index in [1.54, 1.807) is 6.26 Å². The van der Waals surface area contributed by atoms with Gasteiger partial charge in [0, 0.05) is 0 Å². The van der Waals surface area contributed by atoms with E-state index >= 15 is 0 Å². The highest BCUT2D eigenvalue weighted by Crippen LogP contribution is 2.20. The Morgan fingerprint density at radius 3 is 2.45 bits per heavy atom. The van der Waals surface area contributed by atoms with E-state index in [1.807, 2.05) is 13.0 Å². The monoisotopic (exact) mass is 156 g/mol. The molecule has 1 N–H and O–H groups in total. The number of aliphatic hydroxyl groups excluding tert-OH is 1. The minimum absolute atomic E-state index is 0.0829. The molecule has 0 aromatic carbocycles. The van der Waals surface area contributed by atoms with E-state index in [-0.39, 0.29) is 6.10 Å². The fourth-order valence-corrected chi connectivity index (χ4v) is 1.37. The van der Waals surface area contributed by atoms with Gasteiger partial charge >= 0.3 is 0 Å². The zero-order valence-corrected chi connectivity index (χ0v) is 6.99. The predicted octanol–water partition coefficient (Wildman–Crippen LogP) is 1.84. The van der Waals surface area contributed by atoms with Crippen LogP contribution >= 0.6 is 0 Å². The van der Waals surface area contributed by atoms with Crippen LogP contribution in [-0.4, -0.2) is 17.3 Å². The molecule has 0 aliphatic heterocycles. The molecule has 1 aliphatic rings. The number of hydrogen-bond acceptors (Lipinski definition) is 2. The average molecular weight is 156 g/mol. The number of aliphatic hydroxyl groups is 1. The summed E-state index contributed by atoms with van der Waals surface area (Å²) in [5.74, 6) is 0. The van der Waals surface area contributed by atoms with Crippen LogP contribution in [0, 0.1) is 0 Å². The maximum atomic E-state index is 9.18. The van der Waals surface area contributed by atoms with Crippen molar-refractivity contribution in [1.29, 1.82) is 0 Å². The maximum absolute atomic E-state index is 9.18. The summed E-state index contributed by atoms with van der Waals surface area (Å²) in [6.45, 7) is 1.94. The Morgan fingerprint density at radius 2 is 1.91 bits per heavy atom. The van der Waals surface area contributed by atoms with Crippen LogP contribution in [0.4, 0.5) is 0 Å². The molecule has 64 valence electrons. The first kappa shape index (κ1) is 8.60. The smallest absolute Gasteiger partial charge is 0.0980 e. The Balaban J connectivity index is 2.17. The first-order valence-electron chi connectivity index (χ1n) is 4.27. The van der Waals surface area contributed by atoms with Crippen molar-refractivity contribution in [3.05, 3.63) is 12.3 Å². The lowest BCUT2D eigenvalue weighted by Crippen LogP contribution is -2.22. The van der Waals surface area contributed by atoms with Gasteiger partial charge < -0.3 is 9.84 Å². The molecule has 1 aliphatic carbocycles. The Kier molecular flexibility index (Phi) is 3.43. The second-order valence-corrected chi connectivity index (χ2v) is 3.04. The third-order valence-electron chi connectivity index (χ3n) is 2.05. The van der Waals surface area contributed by atoms with Gasteiger partial charge in [-0.1, -0.05) is 6.08 Å². The minimum atomic E-state index is -0.0829. The van der Waals surface area contributed by atoms with E-state index in [0.717, 1.165) is 25.7 Å². The lowest BCUT2D eigenvalue weighted by molar-refractivity contribution is 0.0439. The molecule has 1 saturated carbocycles. The van der Waals surface area contributed by atoms with Crippen molar-refractivity contribution in [2.45, 2.75) is 44.8 Å². The number of hydrogen-bond donors (Lipinski definition) is 1. The lowest BCUT2D eigenvalue weighted by Gasteiger charge is -2.24. The van der Waals surface area contributed by atoms with E-state index < -0.39 is 0 Å². The SMILES string of the molecule is CC=COC1CCC(O)CC1. The van der Waals surface area contributed by atoms with Gasteiger partial charge in [0.25, 0.3) is 0 Å². The molecule has 0 radical (unpaired) electrons. The summed E-state index contributed by atoms with van der Waals surface area (Å²) in [6, 6.07) is 0. The van der Waals surface area contributed by atoms with Crippen molar-refractivity contribution in [2.24, 2.45) is 0 Å². The van der Waals surface area contributed by atoms with E-state index in [4.69, 9.17) is 4.74 Å². The molecule has 0 atom stereocenters. The second-order valence-electron chi connectivity index (χ2n) is 3.04. The summed E-state index contributed by atoms with van der Waals surface area (Å²) < 4.78 is 5.39. The van der Waals surface area contributed by atoms with E-state index in [0.29, 0.717) is 6.10 Å². The van der Waals surface area contributed by atoms with Crippen molar-refractivity contribution in [3.63, 3.8) is 0 Å². The summed E-state index contributed by atoms with van der Waals surface area (Å²) in [6.07, 6.45) is 7.66. The molecule has 0 saturated heterocycles. The minimum Gasteiger partial charge on any atom is -0.498 e. The average Bonchev–Trinajstić information content (AvgIpc) is 2.04. The summed E-state index contributed by atoms with van der Waals surface area (Å²) >= 11 is 0. The summed E-state index contributed by atoms with van der Waals surface area (Å²) in [7, 11) is 0. The second kappa shape index (κ2) is 4.39. The Morgan fingerprint density at radius 1 is 1.27 bits per heavy atom. The number of ether oxygens (including phenoxy) is 1. The van der Waals surface area contributed by atoms with E-state index in [9.17, 15) is 5.11 Å². The Hall–Kier alpha value is -0.500. The summed E-state index contributed by atoms with van der Waals surface area (Å²) in [5.41, 5.74) is 0. The van der Waals surface area contributed by atoms with Gasteiger partial charge in [-0.3, -0.25) is 0 Å². The van der Waals surface area contributed by atoms with Crippen molar-refractivity contribution < 1.29 is 9.84 Å². The van der Waals surface area contributed by atoms with Crippen LogP contribution in [-0.2, 0) is 4.74 Å². The molecule has 0 amide bonds. The van der Waals surface area contributed by atoms with Gasteiger partial charge in [0.15, 0.2) is 0 Å². The van der Waals surface area contributed by atoms with Gasteiger partial charge in [0.1, 0.15) is 0 Å². The predicted molar refractivity (Wildman–Crippen MR) is 44.2 cm³/mol. The van der Waals surface area contributed by atoms with Crippen LogP contribution in [0.25, 0.3) is 0 Å². The topological polar surface area (TPSA) is 29.5 Å². The first-order chi connectivity index (χ1) is 5.33. The van der Waals surface area contributed by atoms with E-state index in [2.05, 4.69) is 0 Å². The van der Waals surface area contributed by atoms with Crippen molar-refractivity contribution in [2.75, 3.05) is 0 Å². The molecule has 0 aromatic rings. The van der Waals surface area contributed by atoms with Gasteiger partial charge in [-0.05, 0) is 32.6 Å². The highest BCUT2D eigenvalue weighted by atomic mass is 16.5. The molecule has 0 aromatic heterocycles. The molecular formula is C9H16O2. The Bertz CT molecular complexity index is 124. The Labute approximate surface area is 67.9 Å². The summed E-state index contributed by atoms with van der Waals surface area (Å²) in [4.78, 5) is 0. The molecule has 0 unspecified atom stereocenters. The quantitative estimate of drug-likeness (QED) is 0.618. The van der Waals surface area contributed by atoms with Gasteiger partial charge in [0.05, 0.1) is 18.5 Å². The molecule has 0 bridgehead atoms. The largest absolute Gasteiger partial charge is 0.498 e. The van der Waals surface area contributed by atoms with Gasteiger partial charge in [-0.15, -0.1) is 0 Å². The van der Waals surface area contributed by atoms with Crippen LogP contribution in [0.15, 0.2) is 12.3 Å². The number of rotatable bonds is 2. The zero-order chi connectivity index (χ0) is 8.10.